The second-order valence-electron chi connectivity index (χ2n) is 8.07. The lowest BCUT2D eigenvalue weighted by molar-refractivity contribution is -0.138. The number of carboxylic acids is 1. The van der Waals surface area contributed by atoms with E-state index in [0.29, 0.717) is 18.9 Å². The molecular formula is C24H28F3N5O2. The van der Waals surface area contributed by atoms with Crippen molar-refractivity contribution in [2.45, 2.75) is 51.9 Å². The van der Waals surface area contributed by atoms with Gasteiger partial charge in [-0.05, 0) is 42.2 Å². The first-order valence-electron chi connectivity index (χ1n) is 11.0. The van der Waals surface area contributed by atoms with Gasteiger partial charge in [-0.2, -0.15) is 18.3 Å². The number of halogens is 3. The fraction of sp³-hybridized carbons (Fsp3) is 0.375. The van der Waals surface area contributed by atoms with Crippen LogP contribution < -0.4 is 10.6 Å². The molecule has 0 aliphatic rings. The fourth-order valence-electron chi connectivity index (χ4n) is 3.66. The van der Waals surface area contributed by atoms with Crippen LogP contribution in [0.3, 0.4) is 0 Å². The number of nitrogens with one attached hydrogen (secondary N) is 2. The highest BCUT2D eigenvalue weighted by atomic mass is 19.4. The largest absolute Gasteiger partial charge is 0.481 e. The number of nitrogens with zero attached hydrogens (tertiary/aromatic N) is 3. The molecule has 0 aliphatic heterocycles. The Morgan fingerprint density at radius 2 is 2.00 bits per heavy atom. The van der Waals surface area contributed by atoms with Crippen molar-refractivity contribution in [2.75, 3.05) is 11.9 Å². The normalized spacial score (nSPS) is 12.5. The first-order valence-corrected chi connectivity index (χ1v) is 11.0. The molecule has 7 nitrogen and oxygen atoms in total. The topological polar surface area (TPSA) is 92.1 Å². The van der Waals surface area contributed by atoms with Crippen LogP contribution in [0.1, 0.15) is 54.5 Å². The van der Waals surface area contributed by atoms with E-state index in [1.54, 1.807) is 18.3 Å². The Kier molecular flexibility index (Phi) is 8.27. The quantitative estimate of drug-likeness (QED) is 0.334. The lowest BCUT2D eigenvalue weighted by atomic mass is 9.95. The summed E-state index contributed by atoms with van der Waals surface area (Å²) in [5, 5.41) is 19.1. The third-order valence-corrected chi connectivity index (χ3v) is 5.37. The minimum Gasteiger partial charge on any atom is -0.481 e. The van der Waals surface area contributed by atoms with Crippen molar-refractivity contribution in [1.82, 2.24) is 20.1 Å². The Balaban J connectivity index is 1.68. The number of rotatable bonds is 11. The van der Waals surface area contributed by atoms with E-state index in [1.807, 2.05) is 13.0 Å². The smallest absolute Gasteiger partial charge is 0.419 e. The van der Waals surface area contributed by atoms with E-state index in [0.717, 1.165) is 52.3 Å². The molecule has 3 aromatic rings. The molecular weight excluding hydrogens is 447 g/mol. The van der Waals surface area contributed by atoms with Gasteiger partial charge >= 0.3 is 12.1 Å². The summed E-state index contributed by atoms with van der Waals surface area (Å²) in [6.07, 6.45) is 0.742. The van der Waals surface area contributed by atoms with Gasteiger partial charge < -0.3 is 15.7 Å². The predicted octanol–water partition coefficient (Wildman–Crippen LogP) is 5.11. The molecule has 1 atom stereocenters. The number of anilines is 1. The molecule has 10 heteroatoms. The third-order valence-electron chi connectivity index (χ3n) is 5.37. The number of carbonyl (C=O) groups is 1. The number of hydrogen-bond donors (Lipinski definition) is 3. The van der Waals surface area contributed by atoms with Crippen LogP contribution in [-0.2, 0) is 17.5 Å². The molecule has 3 N–H and O–H groups in total. The van der Waals surface area contributed by atoms with E-state index in [1.165, 1.54) is 0 Å². The van der Waals surface area contributed by atoms with Gasteiger partial charge in [0.1, 0.15) is 0 Å². The van der Waals surface area contributed by atoms with Gasteiger partial charge in [0.05, 0.1) is 36.1 Å². The maximum absolute atomic E-state index is 12.8. The molecule has 0 aliphatic carbocycles. The van der Waals surface area contributed by atoms with E-state index in [2.05, 4.69) is 39.8 Å². The molecule has 182 valence electrons. The summed E-state index contributed by atoms with van der Waals surface area (Å²) in [6, 6.07) is 9.62. The fourth-order valence-corrected chi connectivity index (χ4v) is 3.66. The Bertz CT molecular complexity index is 1100. The second kappa shape index (κ2) is 11.1. The van der Waals surface area contributed by atoms with Gasteiger partial charge in [-0.15, -0.1) is 0 Å². The van der Waals surface area contributed by atoms with E-state index in [9.17, 15) is 18.0 Å². The van der Waals surface area contributed by atoms with Crippen LogP contribution >= 0.6 is 0 Å². The summed E-state index contributed by atoms with van der Waals surface area (Å²) in [7, 11) is 0. The SMILES string of the molecule is CCCC(Nc1ccc(-n2cc(C(F)(F)F)cn2)nc1)c1ccc(CNCCC(=O)O)cc1C. The Morgan fingerprint density at radius 3 is 2.59 bits per heavy atom. The Labute approximate surface area is 196 Å². The zero-order chi connectivity index (χ0) is 24.7. The van der Waals surface area contributed by atoms with Crippen LogP contribution in [0.5, 0.6) is 0 Å². The molecule has 34 heavy (non-hydrogen) atoms. The van der Waals surface area contributed by atoms with Crippen LogP contribution in [-0.4, -0.2) is 32.4 Å². The lowest BCUT2D eigenvalue weighted by Gasteiger charge is -2.22. The van der Waals surface area contributed by atoms with Crippen molar-refractivity contribution in [3.63, 3.8) is 0 Å². The van der Waals surface area contributed by atoms with Gasteiger partial charge in [0.25, 0.3) is 0 Å². The zero-order valence-electron chi connectivity index (χ0n) is 19.1. The van der Waals surface area contributed by atoms with E-state index >= 15 is 0 Å². The lowest BCUT2D eigenvalue weighted by Crippen LogP contribution is -2.18. The highest BCUT2D eigenvalue weighted by Gasteiger charge is 2.32. The van der Waals surface area contributed by atoms with Crippen LogP contribution in [0.25, 0.3) is 5.82 Å². The van der Waals surface area contributed by atoms with Crippen molar-refractivity contribution in [2.24, 2.45) is 0 Å². The monoisotopic (exact) mass is 475 g/mol. The average Bonchev–Trinajstić information content (AvgIpc) is 3.28. The standard InChI is InChI=1S/C24H28F3N5O2/c1-3-4-21(20-7-5-17(11-16(20)2)12-28-10-9-23(33)34)31-19-6-8-22(29-14-19)32-15-18(13-30-32)24(25,26)27/h5-8,11,13-15,21,28,31H,3-4,9-10,12H2,1-2H3,(H,33,34). The number of benzene rings is 1. The van der Waals surface area contributed by atoms with Gasteiger partial charge in [-0.25, -0.2) is 9.67 Å². The van der Waals surface area contributed by atoms with Crippen molar-refractivity contribution < 1.29 is 23.1 Å². The molecule has 0 bridgehead atoms. The highest BCUT2D eigenvalue weighted by molar-refractivity contribution is 5.66. The molecule has 3 rings (SSSR count). The number of carboxylic acid groups (broad SMARTS) is 1. The number of pyridine rings is 1. The Hall–Kier alpha value is -3.40. The summed E-state index contributed by atoms with van der Waals surface area (Å²) in [4.78, 5) is 14.9. The maximum Gasteiger partial charge on any atom is 0.419 e. The van der Waals surface area contributed by atoms with E-state index in [-0.39, 0.29) is 12.5 Å². The van der Waals surface area contributed by atoms with Gasteiger partial charge in [-0.3, -0.25) is 4.79 Å². The summed E-state index contributed by atoms with van der Waals surface area (Å²) in [5.74, 6) is -0.533. The molecule has 2 heterocycles. The molecule has 1 aromatic carbocycles. The Morgan fingerprint density at radius 1 is 1.21 bits per heavy atom. The second-order valence-corrected chi connectivity index (χ2v) is 8.07. The first-order chi connectivity index (χ1) is 16.2. The molecule has 0 fully saturated rings. The minimum atomic E-state index is -4.45. The summed E-state index contributed by atoms with van der Waals surface area (Å²) < 4.78 is 39.5. The van der Waals surface area contributed by atoms with Crippen LogP contribution in [0.2, 0.25) is 0 Å². The predicted molar refractivity (Wildman–Crippen MR) is 123 cm³/mol. The molecule has 0 saturated carbocycles. The van der Waals surface area contributed by atoms with Gasteiger partial charge in [-0.1, -0.05) is 31.5 Å². The van der Waals surface area contributed by atoms with E-state index < -0.39 is 17.7 Å². The van der Waals surface area contributed by atoms with Crippen molar-refractivity contribution >= 4 is 11.7 Å². The first kappa shape index (κ1) is 25.2. The molecule has 0 amide bonds. The van der Waals surface area contributed by atoms with Gasteiger partial charge in [0, 0.05) is 19.3 Å². The van der Waals surface area contributed by atoms with Crippen LogP contribution in [0.15, 0.2) is 48.9 Å². The maximum atomic E-state index is 12.8. The number of aryl methyl sites for hydroxylation is 1. The van der Waals surface area contributed by atoms with Crippen molar-refractivity contribution in [3.8, 4) is 5.82 Å². The number of aromatic nitrogens is 3. The summed E-state index contributed by atoms with van der Waals surface area (Å²) in [5.41, 5.74) is 3.26. The van der Waals surface area contributed by atoms with Crippen molar-refractivity contribution in [1.29, 1.82) is 0 Å². The van der Waals surface area contributed by atoms with Gasteiger partial charge in [0.15, 0.2) is 5.82 Å². The molecule has 0 saturated heterocycles. The number of aliphatic carboxylic acids is 1. The highest BCUT2D eigenvalue weighted by Crippen LogP contribution is 2.30. The summed E-state index contributed by atoms with van der Waals surface area (Å²) >= 11 is 0. The molecule has 0 spiro atoms. The van der Waals surface area contributed by atoms with Crippen LogP contribution in [0.4, 0.5) is 18.9 Å². The van der Waals surface area contributed by atoms with Gasteiger partial charge in [0.2, 0.25) is 0 Å². The third kappa shape index (κ3) is 6.80. The zero-order valence-corrected chi connectivity index (χ0v) is 19.1. The van der Waals surface area contributed by atoms with Crippen LogP contribution in [0, 0.1) is 6.92 Å². The van der Waals surface area contributed by atoms with Crippen molar-refractivity contribution in [3.05, 3.63) is 71.2 Å². The average molecular weight is 476 g/mol. The molecule has 1 unspecified atom stereocenters. The number of hydrogen-bond acceptors (Lipinski definition) is 5. The molecule has 0 radical (unpaired) electrons. The van der Waals surface area contributed by atoms with E-state index in [4.69, 9.17) is 5.11 Å². The number of alkyl halides is 3. The molecule has 2 aromatic heterocycles. The summed E-state index contributed by atoms with van der Waals surface area (Å²) in [6.45, 7) is 5.14. The minimum absolute atomic E-state index is 0.0354.